The molecule has 0 saturated heterocycles. The number of carbonyl (C=O) groups excluding carboxylic acids is 1. The Bertz CT molecular complexity index is 985. The summed E-state index contributed by atoms with van der Waals surface area (Å²) in [7, 11) is -3.70. The van der Waals surface area contributed by atoms with E-state index in [4.69, 9.17) is 0 Å². The van der Waals surface area contributed by atoms with Gasteiger partial charge in [-0.05, 0) is 120 Å². The van der Waals surface area contributed by atoms with Crippen LogP contribution in [0.25, 0.3) is 0 Å². The molecule has 2 bridgehead atoms. The highest BCUT2D eigenvalue weighted by atomic mass is 79.9. The van der Waals surface area contributed by atoms with Crippen LogP contribution in [-0.4, -0.2) is 27.4 Å². The highest BCUT2D eigenvalue weighted by Crippen LogP contribution is 2.60. The molecule has 5 nitrogen and oxygen atoms in total. The summed E-state index contributed by atoms with van der Waals surface area (Å²) in [5.74, 6) is 3.63. The molecule has 4 saturated carbocycles. The number of benzene rings is 1. The predicted octanol–water partition coefficient (Wildman–Crippen LogP) is 5.99. The molecular weight excluding hydrogens is 512 g/mol. The molecule has 3 atom stereocenters. The zero-order valence-corrected chi connectivity index (χ0v) is 23.5. The lowest BCUT2D eigenvalue weighted by molar-refractivity contribution is -0.0883. The van der Waals surface area contributed by atoms with Crippen LogP contribution in [0.4, 0.5) is 0 Å². The van der Waals surface area contributed by atoms with Crippen molar-refractivity contribution >= 4 is 31.9 Å². The fourth-order valence-corrected chi connectivity index (χ4v) is 8.65. The molecule has 4 aliphatic rings. The minimum absolute atomic E-state index is 0.138. The average molecular weight is 554 g/mol. The van der Waals surface area contributed by atoms with E-state index in [2.05, 4.69) is 53.7 Å². The Morgan fingerprint density at radius 3 is 2.26 bits per heavy atom. The van der Waals surface area contributed by atoms with Gasteiger partial charge in [0.2, 0.25) is 10.0 Å². The van der Waals surface area contributed by atoms with Crippen LogP contribution >= 0.6 is 15.9 Å². The normalized spacial score (nSPS) is 30.6. The van der Waals surface area contributed by atoms with Crippen LogP contribution < -0.4 is 10.0 Å². The van der Waals surface area contributed by atoms with Gasteiger partial charge in [0.15, 0.2) is 0 Å². The van der Waals surface area contributed by atoms with Crippen molar-refractivity contribution in [3.63, 3.8) is 0 Å². The summed E-state index contributed by atoms with van der Waals surface area (Å²) in [6.07, 6.45) is 8.22. The third kappa shape index (κ3) is 5.57. The van der Waals surface area contributed by atoms with Gasteiger partial charge in [0.25, 0.3) is 5.91 Å². The average Bonchev–Trinajstić information content (AvgIpc) is 2.81. The van der Waals surface area contributed by atoms with Gasteiger partial charge in [-0.25, -0.2) is 13.1 Å². The van der Waals surface area contributed by atoms with E-state index in [0.29, 0.717) is 52.2 Å². The van der Waals surface area contributed by atoms with Crippen molar-refractivity contribution in [2.45, 2.75) is 77.5 Å². The van der Waals surface area contributed by atoms with Crippen LogP contribution in [0.15, 0.2) is 27.6 Å². The molecule has 1 aromatic rings. The lowest BCUT2D eigenvalue weighted by atomic mass is 9.47. The molecule has 34 heavy (non-hydrogen) atoms. The van der Waals surface area contributed by atoms with Gasteiger partial charge in [0, 0.05) is 23.1 Å². The molecule has 2 N–H and O–H groups in total. The maximum absolute atomic E-state index is 13.1. The minimum atomic E-state index is -3.70. The Kier molecular flexibility index (Phi) is 7.86. The number of hydrogen-bond acceptors (Lipinski definition) is 3. The molecule has 1 unspecified atom stereocenters. The van der Waals surface area contributed by atoms with E-state index in [1.165, 1.54) is 25.3 Å². The molecular formula is C27H41BrN2O3S. The second kappa shape index (κ2) is 10.2. The van der Waals surface area contributed by atoms with E-state index in [1.54, 1.807) is 12.1 Å². The van der Waals surface area contributed by atoms with Crippen molar-refractivity contribution in [2.24, 2.45) is 40.9 Å². The minimum Gasteiger partial charge on any atom is -0.352 e. The fourth-order valence-electron chi connectivity index (χ4n) is 6.55. The van der Waals surface area contributed by atoms with Gasteiger partial charge < -0.3 is 5.32 Å². The van der Waals surface area contributed by atoms with Crippen molar-refractivity contribution in [3.05, 3.63) is 28.2 Å². The molecule has 4 fully saturated rings. The van der Waals surface area contributed by atoms with Gasteiger partial charge in [-0.2, -0.15) is 0 Å². The van der Waals surface area contributed by atoms with E-state index < -0.39 is 10.0 Å². The summed E-state index contributed by atoms with van der Waals surface area (Å²) in [6.45, 7) is 10.4. The van der Waals surface area contributed by atoms with Gasteiger partial charge in [-0.15, -0.1) is 0 Å². The van der Waals surface area contributed by atoms with Crippen LogP contribution in [0.1, 0.15) is 83.0 Å². The van der Waals surface area contributed by atoms with Crippen molar-refractivity contribution in [3.8, 4) is 0 Å². The number of fused-ring (bicyclic) bond motifs is 2. The molecule has 0 heterocycles. The summed E-state index contributed by atoms with van der Waals surface area (Å²) >= 11 is 3.38. The summed E-state index contributed by atoms with van der Waals surface area (Å²) < 4.78 is 29.5. The largest absolute Gasteiger partial charge is 0.352 e. The summed E-state index contributed by atoms with van der Waals surface area (Å²) in [4.78, 5) is 13.0. The molecule has 1 aromatic carbocycles. The molecule has 0 spiro atoms. The summed E-state index contributed by atoms with van der Waals surface area (Å²) in [5, 5.41) is 3.04. The Hall–Kier alpha value is -0.920. The number of amides is 1. The fraction of sp³-hybridized carbons (Fsp3) is 0.741. The number of sulfonamides is 1. The first-order chi connectivity index (χ1) is 16.0. The lowest BCUT2D eigenvalue weighted by Crippen LogP contribution is -2.52. The second-order valence-electron chi connectivity index (χ2n) is 12.0. The molecule has 0 radical (unpaired) electrons. The zero-order valence-electron chi connectivity index (χ0n) is 21.1. The SMILES string of the molecule is CC(C)C1CCC(CNC(=O)c2ccc(Br)c(S(=O)(=O)NCC3C[C@@H]4C[C@H](C3)C4(C)C)c2)CC1. The molecule has 7 heteroatoms. The Labute approximate surface area is 214 Å². The Morgan fingerprint density at radius 2 is 1.68 bits per heavy atom. The topological polar surface area (TPSA) is 75.3 Å². The van der Waals surface area contributed by atoms with E-state index in [0.717, 1.165) is 37.5 Å². The number of rotatable bonds is 8. The Morgan fingerprint density at radius 1 is 1.03 bits per heavy atom. The van der Waals surface area contributed by atoms with Crippen LogP contribution in [-0.2, 0) is 10.0 Å². The monoisotopic (exact) mass is 552 g/mol. The number of carbonyl (C=O) groups is 1. The van der Waals surface area contributed by atoms with E-state index in [9.17, 15) is 13.2 Å². The van der Waals surface area contributed by atoms with Crippen molar-refractivity contribution < 1.29 is 13.2 Å². The standard InChI is InChI=1S/C27H41BrN2O3S/c1-17(2)20-7-5-18(6-8-20)15-29-26(31)21-9-10-24(28)25(13-21)34(32,33)30-16-19-11-22-14-23(12-19)27(22,3)4/h9-10,13,17-20,22-23,30H,5-8,11-12,14-16H2,1-4H3,(H,29,31)/t18?,19?,20?,22-,23+. The van der Waals surface area contributed by atoms with Gasteiger partial charge in [-0.1, -0.05) is 27.7 Å². The molecule has 190 valence electrons. The third-order valence-corrected chi connectivity index (χ3v) is 11.8. The van der Waals surface area contributed by atoms with Gasteiger partial charge in [0.1, 0.15) is 0 Å². The number of hydrogen-bond donors (Lipinski definition) is 2. The number of nitrogens with one attached hydrogen (secondary N) is 2. The maximum atomic E-state index is 13.1. The third-order valence-electron chi connectivity index (χ3n) is 9.34. The summed E-state index contributed by atoms with van der Waals surface area (Å²) in [5.41, 5.74) is 0.800. The molecule has 0 aliphatic heterocycles. The molecule has 1 amide bonds. The van der Waals surface area contributed by atoms with Crippen LogP contribution in [0.5, 0.6) is 0 Å². The van der Waals surface area contributed by atoms with Gasteiger partial charge >= 0.3 is 0 Å². The molecule has 0 aromatic heterocycles. The van der Waals surface area contributed by atoms with Gasteiger partial charge in [0.05, 0.1) is 4.90 Å². The van der Waals surface area contributed by atoms with Gasteiger partial charge in [-0.3, -0.25) is 4.79 Å². The highest BCUT2D eigenvalue weighted by Gasteiger charge is 2.52. The van der Waals surface area contributed by atoms with Crippen LogP contribution in [0.3, 0.4) is 0 Å². The summed E-state index contributed by atoms with van der Waals surface area (Å²) in [6, 6.07) is 4.85. The van der Waals surface area contributed by atoms with E-state index in [1.807, 2.05) is 0 Å². The van der Waals surface area contributed by atoms with Crippen molar-refractivity contribution in [1.29, 1.82) is 0 Å². The highest BCUT2D eigenvalue weighted by molar-refractivity contribution is 9.10. The van der Waals surface area contributed by atoms with Crippen LogP contribution in [0.2, 0.25) is 0 Å². The first kappa shape index (κ1) is 26.2. The lowest BCUT2D eigenvalue weighted by Gasteiger charge is -2.59. The Balaban J connectivity index is 1.32. The van der Waals surface area contributed by atoms with E-state index in [-0.39, 0.29) is 10.8 Å². The van der Waals surface area contributed by atoms with E-state index >= 15 is 0 Å². The van der Waals surface area contributed by atoms with Crippen molar-refractivity contribution in [2.75, 3.05) is 13.1 Å². The molecule has 4 aliphatic carbocycles. The predicted molar refractivity (Wildman–Crippen MR) is 140 cm³/mol. The van der Waals surface area contributed by atoms with Crippen molar-refractivity contribution in [1.82, 2.24) is 10.0 Å². The first-order valence-corrected chi connectivity index (χ1v) is 15.3. The molecule has 5 rings (SSSR count). The quantitative estimate of drug-likeness (QED) is 0.415. The van der Waals surface area contributed by atoms with Crippen LogP contribution in [0, 0.1) is 40.9 Å². The smallest absolute Gasteiger partial charge is 0.251 e. The first-order valence-electron chi connectivity index (χ1n) is 13.0. The second-order valence-corrected chi connectivity index (χ2v) is 14.6. The zero-order chi connectivity index (χ0) is 24.7. The number of halogens is 1. The maximum Gasteiger partial charge on any atom is 0.251 e.